The monoisotopic (exact) mass is 304 g/mol. The summed E-state index contributed by atoms with van der Waals surface area (Å²) in [7, 11) is 0. The number of nitrogens with zero attached hydrogens (tertiary/aromatic N) is 2. The van der Waals surface area contributed by atoms with Gasteiger partial charge >= 0.3 is 5.97 Å². The molecular formula is C16H17ClN2O2. The third-order valence-electron chi connectivity index (χ3n) is 3.28. The second-order valence-electron chi connectivity index (χ2n) is 4.72. The van der Waals surface area contributed by atoms with Crippen molar-refractivity contribution in [3.8, 4) is 0 Å². The molecule has 1 unspecified atom stereocenters. The highest BCUT2D eigenvalue weighted by atomic mass is 35.5. The van der Waals surface area contributed by atoms with Crippen molar-refractivity contribution in [3.63, 3.8) is 0 Å². The molecule has 0 radical (unpaired) electrons. The lowest BCUT2D eigenvalue weighted by Crippen LogP contribution is -2.33. The van der Waals surface area contributed by atoms with Gasteiger partial charge in [0, 0.05) is 24.0 Å². The number of halogens is 1. The number of aromatic nitrogens is 1. The Kier molecular flexibility index (Phi) is 5.31. The number of likely N-dealkylation sites (N-methyl/N-ethyl adjacent to an activating group) is 1. The zero-order chi connectivity index (χ0) is 15.2. The summed E-state index contributed by atoms with van der Waals surface area (Å²) >= 11 is 5.99. The molecule has 2 rings (SSSR count). The first-order chi connectivity index (χ1) is 10.1. The highest BCUT2D eigenvalue weighted by molar-refractivity contribution is 6.30. The number of aliphatic carboxylic acids is 1. The molecule has 0 saturated carbocycles. The number of carboxylic acids is 1. The van der Waals surface area contributed by atoms with Crippen molar-refractivity contribution >= 4 is 17.6 Å². The Hall–Kier alpha value is -1.91. The van der Waals surface area contributed by atoms with Crippen molar-refractivity contribution in [2.75, 3.05) is 6.54 Å². The summed E-state index contributed by atoms with van der Waals surface area (Å²) in [4.78, 5) is 17.6. The predicted octanol–water partition coefficient (Wildman–Crippen LogP) is 3.38. The number of benzene rings is 1. The molecule has 1 aromatic heterocycles. The molecule has 0 spiro atoms. The molecule has 0 bridgehead atoms. The average Bonchev–Trinajstić information content (AvgIpc) is 2.47. The van der Waals surface area contributed by atoms with Crippen molar-refractivity contribution in [3.05, 3.63) is 64.9 Å². The van der Waals surface area contributed by atoms with Crippen molar-refractivity contribution in [1.82, 2.24) is 9.88 Å². The summed E-state index contributed by atoms with van der Waals surface area (Å²) in [5, 5.41) is 10.2. The molecule has 0 aliphatic rings. The summed E-state index contributed by atoms with van der Waals surface area (Å²) in [6.07, 6.45) is 3.23. The lowest BCUT2D eigenvalue weighted by molar-refractivity contribution is -0.143. The van der Waals surface area contributed by atoms with E-state index in [0.717, 1.165) is 5.56 Å². The van der Waals surface area contributed by atoms with Gasteiger partial charge in [0.2, 0.25) is 0 Å². The van der Waals surface area contributed by atoms with Crippen LogP contribution in [0.4, 0.5) is 0 Å². The highest BCUT2D eigenvalue weighted by Crippen LogP contribution is 2.23. The van der Waals surface area contributed by atoms with Gasteiger partial charge in [0.25, 0.3) is 0 Å². The van der Waals surface area contributed by atoms with E-state index in [1.165, 1.54) is 0 Å². The quantitative estimate of drug-likeness (QED) is 0.889. The van der Waals surface area contributed by atoms with E-state index in [1.807, 2.05) is 30.0 Å². The average molecular weight is 305 g/mol. The lowest BCUT2D eigenvalue weighted by Gasteiger charge is -2.27. The van der Waals surface area contributed by atoms with Crippen LogP contribution < -0.4 is 0 Å². The van der Waals surface area contributed by atoms with Gasteiger partial charge in [-0.25, -0.2) is 0 Å². The van der Waals surface area contributed by atoms with Crippen LogP contribution in [0.3, 0.4) is 0 Å². The SMILES string of the molecule is CCN(Cc1cccc(Cl)c1)C(C(=O)O)c1cccnc1. The summed E-state index contributed by atoms with van der Waals surface area (Å²) < 4.78 is 0. The normalized spacial score (nSPS) is 12.3. The van der Waals surface area contributed by atoms with E-state index in [9.17, 15) is 9.90 Å². The van der Waals surface area contributed by atoms with Crippen LogP contribution in [-0.2, 0) is 11.3 Å². The zero-order valence-corrected chi connectivity index (χ0v) is 12.5. The first-order valence-corrected chi connectivity index (χ1v) is 7.11. The van der Waals surface area contributed by atoms with Crippen molar-refractivity contribution in [2.24, 2.45) is 0 Å². The number of rotatable bonds is 6. The Morgan fingerprint density at radius 1 is 1.38 bits per heavy atom. The number of hydrogen-bond acceptors (Lipinski definition) is 3. The molecule has 2 aromatic rings. The summed E-state index contributed by atoms with van der Waals surface area (Å²) in [6, 6.07) is 10.3. The van der Waals surface area contributed by atoms with Gasteiger partial charge in [-0.2, -0.15) is 0 Å². The van der Waals surface area contributed by atoms with Crippen LogP contribution in [-0.4, -0.2) is 27.5 Å². The molecule has 0 aliphatic carbocycles. The number of pyridine rings is 1. The second-order valence-corrected chi connectivity index (χ2v) is 5.16. The predicted molar refractivity (Wildman–Crippen MR) is 82.1 cm³/mol. The Bertz CT molecular complexity index is 604. The molecule has 5 heteroatoms. The van der Waals surface area contributed by atoms with Gasteiger partial charge in [0.15, 0.2) is 0 Å². The Morgan fingerprint density at radius 3 is 2.76 bits per heavy atom. The Labute approximate surface area is 129 Å². The maximum atomic E-state index is 11.7. The van der Waals surface area contributed by atoms with Crippen molar-refractivity contribution in [1.29, 1.82) is 0 Å². The van der Waals surface area contributed by atoms with Gasteiger partial charge < -0.3 is 5.11 Å². The van der Waals surface area contributed by atoms with Crippen LogP contribution in [0.15, 0.2) is 48.8 Å². The third kappa shape index (κ3) is 4.03. The van der Waals surface area contributed by atoms with Gasteiger partial charge in [-0.15, -0.1) is 0 Å². The molecule has 1 atom stereocenters. The van der Waals surface area contributed by atoms with Crippen LogP contribution in [0.2, 0.25) is 5.02 Å². The molecule has 4 nitrogen and oxygen atoms in total. The fraction of sp³-hybridized carbons (Fsp3) is 0.250. The second kappa shape index (κ2) is 7.20. The Balaban J connectivity index is 2.26. The standard InChI is InChI=1S/C16H17ClN2O2/c1-2-19(11-12-5-3-7-14(17)9-12)15(16(20)21)13-6-4-8-18-10-13/h3-10,15H,2,11H2,1H3,(H,20,21). The van der Waals surface area contributed by atoms with E-state index in [-0.39, 0.29) is 0 Å². The summed E-state index contributed by atoms with van der Waals surface area (Å²) in [6.45, 7) is 3.07. The minimum absolute atomic E-state index is 0.517. The van der Waals surface area contributed by atoms with Crippen LogP contribution in [0.5, 0.6) is 0 Å². The van der Waals surface area contributed by atoms with Crippen molar-refractivity contribution < 1.29 is 9.90 Å². The maximum Gasteiger partial charge on any atom is 0.325 e. The summed E-state index contributed by atoms with van der Waals surface area (Å²) in [5.74, 6) is -0.883. The van der Waals surface area contributed by atoms with Gasteiger partial charge in [-0.3, -0.25) is 14.7 Å². The minimum atomic E-state index is -0.883. The topological polar surface area (TPSA) is 53.4 Å². The highest BCUT2D eigenvalue weighted by Gasteiger charge is 2.26. The number of carbonyl (C=O) groups is 1. The van der Waals surface area contributed by atoms with E-state index >= 15 is 0 Å². The number of hydrogen-bond donors (Lipinski definition) is 1. The van der Waals surface area contributed by atoms with E-state index in [0.29, 0.717) is 23.7 Å². The molecule has 1 heterocycles. The first kappa shape index (κ1) is 15.5. The molecule has 1 N–H and O–H groups in total. The number of carboxylic acid groups (broad SMARTS) is 1. The minimum Gasteiger partial charge on any atom is -0.480 e. The van der Waals surface area contributed by atoms with E-state index in [1.54, 1.807) is 30.6 Å². The molecule has 0 fully saturated rings. The van der Waals surface area contributed by atoms with Crippen molar-refractivity contribution in [2.45, 2.75) is 19.5 Å². The van der Waals surface area contributed by atoms with Crippen LogP contribution in [0.25, 0.3) is 0 Å². The molecule has 21 heavy (non-hydrogen) atoms. The van der Waals surface area contributed by atoms with Gasteiger partial charge in [-0.05, 0) is 35.9 Å². The third-order valence-corrected chi connectivity index (χ3v) is 3.52. The largest absolute Gasteiger partial charge is 0.480 e. The van der Waals surface area contributed by atoms with E-state index in [4.69, 9.17) is 11.6 Å². The Morgan fingerprint density at radius 2 is 2.19 bits per heavy atom. The molecule has 0 aliphatic heterocycles. The lowest BCUT2D eigenvalue weighted by atomic mass is 10.1. The fourth-order valence-corrected chi connectivity index (χ4v) is 2.52. The van der Waals surface area contributed by atoms with Crippen LogP contribution >= 0.6 is 11.6 Å². The van der Waals surface area contributed by atoms with Gasteiger partial charge in [0.05, 0.1) is 0 Å². The zero-order valence-electron chi connectivity index (χ0n) is 11.7. The van der Waals surface area contributed by atoms with Gasteiger partial charge in [0.1, 0.15) is 6.04 Å². The molecule has 0 saturated heterocycles. The van der Waals surface area contributed by atoms with Crippen LogP contribution in [0, 0.1) is 0 Å². The molecule has 1 aromatic carbocycles. The fourth-order valence-electron chi connectivity index (χ4n) is 2.30. The molecule has 0 amide bonds. The van der Waals surface area contributed by atoms with Gasteiger partial charge in [-0.1, -0.05) is 36.7 Å². The summed E-state index contributed by atoms with van der Waals surface area (Å²) in [5.41, 5.74) is 1.66. The molecule has 110 valence electrons. The molecular weight excluding hydrogens is 288 g/mol. The van der Waals surface area contributed by atoms with E-state index in [2.05, 4.69) is 4.98 Å². The maximum absolute atomic E-state index is 11.7. The van der Waals surface area contributed by atoms with E-state index < -0.39 is 12.0 Å². The van der Waals surface area contributed by atoms with Crippen LogP contribution in [0.1, 0.15) is 24.1 Å². The smallest absolute Gasteiger partial charge is 0.325 e. The first-order valence-electron chi connectivity index (χ1n) is 6.73.